The molecule has 0 N–H and O–H groups in total. The molecule has 28 heavy (non-hydrogen) atoms. The van der Waals surface area contributed by atoms with Gasteiger partial charge in [-0.15, -0.1) is 11.3 Å². The summed E-state index contributed by atoms with van der Waals surface area (Å²) in [4.78, 5) is 28.7. The average Bonchev–Trinajstić information content (AvgIpc) is 3.32. The Hall–Kier alpha value is -2.44. The number of hydrogen-bond acceptors (Lipinski definition) is 5. The highest BCUT2D eigenvalue weighted by Gasteiger charge is 2.26. The van der Waals surface area contributed by atoms with Crippen molar-refractivity contribution >= 4 is 28.2 Å². The Bertz CT molecular complexity index is 1060. The molecule has 0 radical (unpaired) electrons. The van der Waals surface area contributed by atoms with Crippen molar-refractivity contribution in [1.29, 1.82) is 0 Å². The predicted octanol–water partition coefficient (Wildman–Crippen LogP) is 4.29. The van der Waals surface area contributed by atoms with Gasteiger partial charge >= 0.3 is 0 Å². The first kappa shape index (κ1) is 18.9. The minimum absolute atomic E-state index is 0.0265. The third kappa shape index (κ3) is 3.88. The monoisotopic (exact) mass is 397 g/mol. The molecule has 2 aromatic heterocycles. The smallest absolute Gasteiger partial charge is 0.290 e. The van der Waals surface area contributed by atoms with E-state index in [-0.39, 0.29) is 23.2 Å². The minimum Gasteiger partial charge on any atom is -0.451 e. The number of rotatable bonds is 5. The number of hydrogen-bond donors (Lipinski definition) is 0. The maximum absolute atomic E-state index is 13.3. The molecule has 3 heterocycles. The number of aryl methyl sites for hydroxylation is 2. The van der Waals surface area contributed by atoms with Gasteiger partial charge in [0.25, 0.3) is 5.91 Å². The zero-order valence-corrected chi connectivity index (χ0v) is 16.9. The Kier molecular flexibility index (Phi) is 5.33. The maximum atomic E-state index is 13.3. The van der Waals surface area contributed by atoms with E-state index in [0.717, 1.165) is 35.5 Å². The number of amides is 1. The first-order valence-electron chi connectivity index (χ1n) is 9.49. The third-order valence-corrected chi connectivity index (χ3v) is 6.14. The van der Waals surface area contributed by atoms with Gasteiger partial charge in [0.1, 0.15) is 5.58 Å². The van der Waals surface area contributed by atoms with Crippen molar-refractivity contribution in [2.75, 3.05) is 13.2 Å². The van der Waals surface area contributed by atoms with Crippen molar-refractivity contribution in [2.24, 2.45) is 0 Å². The normalized spacial score (nSPS) is 16.6. The van der Waals surface area contributed by atoms with Gasteiger partial charge in [-0.3, -0.25) is 9.59 Å². The van der Waals surface area contributed by atoms with Gasteiger partial charge in [-0.2, -0.15) is 0 Å². The number of thiophene rings is 1. The fourth-order valence-corrected chi connectivity index (χ4v) is 4.44. The zero-order valence-electron chi connectivity index (χ0n) is 16.1. The van der Waals surface area contributed by atoms with Crippen molar-refractivity contribution in [1.82, 2.24) is 4.90 Å². The minimum atomic E-state index is -0.274. The second-order valence-electron chi connectivity index (χ2n) is 7.32. The van der Waals surface area contributed by atoms with E-state index >= 15 is 0 Å². The molecule has 0 aliphatic carbocycles. The molecule has 0 unspecified atom stereocenters. The van der Waals surface area contributed by atoms with Crippen LogP contribution in [0.3, 0.4) is 0 Å². The van der Waals surface area contributed by atoms with Gasteiger partial charge < -0.3 is 14.1 Å². The van der Waals surface area contributed by atoms with E-state index in [4.69, 9.17) is 9.15 Å². The highest BCUT2D eigenvalue weighted by molar-refractivity contribution is 7.10. The lowest BCUT2D eigenvalue weighted by Gasteiger charge is -2.25. The standard InChI is InChI=1S/C22H23NO4S/c1-14-5-6-17-18(24)11-20(27-19(17)10-14)22(25)23(12-16-4-3-8-26-16)13-21-15(2)7-9-28-21/h5-7,9-11,16H,3-4,8,12-13H2,1-2H3/t16-/m0/s1. The van der Waals surface area contributed by atoms with Crippen LogP contribution >= 0.6 is 11.3 Å². The van der Waals surface area contributed by atoms with Crippen LogP contribution in [-0.4, -0.2) is 30.1 Å². The number of fused-ring (bicyclic) bond motifs is 1. The molecule has 1 amide bonds. The summed E-state index contributed by atoms with van der Waals surface area (Å²) < 4.78 is 11.6. The fraction of sp³-hybridized carbons (Fsp3) is 0.364. The molecule has 6 heteroatoms. The predicted molar refractivity (Wildman–Crippen MR) is 110 cm³/mol. The summed E-state index contributed by atoms with van der Waals surface area (Å²) in [7, 11) is 0. The van der Waals surface area contributed by atoms with Crippen LogP contribution < -0.4 is 5.43 Å². The summed E-state index contributed by atoms with van der Waals surface area (Å²) in [5.74, 6) is -0.195. The highest BCUT2D eigenvalue weighted by Crippen LogP contribution is 2.23. The van der Waals surface area contributed by atoms with Gasteiger partial charge in [-0.05, 0) is 61.4 Å². The summed E-state index contributed by atoms with van der Waals surface area (Å²) in [6.07, 6.45) is 1.97. The molecule has 0 spiro atoms. The Morgan fingerprint density at radius 3 is 2.82 bits per heavy atom. The van der Waals surface area contributed by atoms with Crippen LogP contribution in [0.25, 0.3) is 11.0 Å². The Balaban J connectivity index is 1.68. The zero-order chi connectivity index (χ0) is 19.7. The maximum Gasteiger partial charge on any atom is 0.290 e. The molecule has 1 aliphatic rings. The van der Waals surface area contributed by atoms with Gasteiger partial charge in [0, 0.05) is 24.1 Å². The summed E-state index contributed by atoms with van der Waals surface area (Å²) in [5.41, 5.74) is 2.38. The Morgan fingerprint density at radius 1 is 1.25 bits per heavy atom. The van der Waals surface area contributed by atoms with Crippen LogP contribution in [0.15, 0.2) is 44.9 Å². The SMILES string of the molecule is Cc1ccc2c(=O)cc(C(=O)N(Cc3sccc3C)C[C@@H]3CCCO3)oc2c1. The van der Waals surface area contributed by atoms with E-state index in [2.05, 4.69) is 0 Å². The molecule has 1 atom stereocenters. The molecular weight excluding hydrogens is 374 g/mol. The van der Waals surface area contributed by atoms with Crippen molar-refractivity contribution in [3.63, 3.8) is 0 Å². The van der Waals surface area contributed by atoms with Crippen LogP contribution in [0.5, 0.6) is 0 Å². The lowest BCUT2D eigenvalue weighted by Crippen LogP contribution is -2.37. The van der Waals surface area contributed by atoms with Crippen molar-refractivity contribution in [3.05, 3.63) is 67.7 Å². The first-order chi connectivity index (χ1) is 13.5. The number of ether oxygens (including phenoxy) is 1. The topological polar surface area (TPSA) is 59.8 Å². The molecule has 1 aliphatic heterocycles. The number of nitrogens with zero attached hydrogens (tertiary/aromatic N) is 1. The lowest BCUT2D eigenvalue weighted by atomic mass is 10.1. The average molecular weight is 397 g/mol. The molecule has 146 valence electrons. The second kappa shape index (κ2) is 7.89. The van der Waals surface area contributed by atoms with E-state index in [9.17, 15) is 9.59 Å². The summed E-state index contributed by atoms with van der Waals surface area (Å²) in [6, 6.07) is 8.76. The van der Waals surface area contributed by atoms with Crippen molar-refractivity contribution in [2.45, 2.75) is 39.3 Å². The van der Waals surface area contributed by atoms with Crippen LogP contribution in [0.2, 0.25) is 0 Å². The van der Waals surface area contributed by atoms with Gasteiger partial charge in [0.05, 0.1) is 18.0 Å². The molecular formula is C22H23NO4S. The Labute approximate surface area is 167 Å². The lowest BCUT2D eigenvalue weighted by molar-refractivity contribution is 0.0486. The van der Waals surface area contributed by atoms with E-state index in [1.165, 1.54) is 6.07 Å². The number of carbonyl (C=O) groups excluding carboxylic acids is 1. The van der Waals surface area contributed by atoms with Gasteiger partial charge in [-0.1, -0.05) is 6.07 Å². The molecule has 1 fully saturated rings. The third-order valence-electron chi connectivity index (χ3n) is 5.13. The summed E-state index contributed by atoms with van der Waals surface area (Å²) >= 11 is 1.63. The van der Waals surface area contributed by atoms with Crippen LogP contribution in [0, 0.1) is 13.8 Å². The van der Waals surface area contributed by atoms with E-state index in [1.807, 2.05) is 31.4 Å². The van der Waals surface area contributed by atoms with Crippen LogP contribution in [0.1, 0.15) is 39.4 Å². The summed E-state index contributed by atoms with van der Waals surface area (Å²) in [6.45, 7) is 5.68. The van der Waals surface area contributed by atoms with Gasteiger partial charge in [-0.25, -0.2) is 0 Å². The van der Waals surface area contributed by atoms with Gasteiger partial charge in [0.15, 0.2) is 11.2 Å². The highest BCUT2D eigenvalue weighted by atomic mass is 32.1. The molecule has 0 saturated carbocycles. The fourth-order valence-electron chi connectivity index (χ4n) is 3.52. The van der Waals surface area contributed by atoms with Crippen LogP contribution in [0.4, 0.5) is 0 Å². The quantitative estimate of drug-likeness (QED) is 0.644. The number of carbonyl (C=O) groups is 1. The summed E-state index contributed by atoms with van der Waals surface area (Å²) in [5, 5.41) is 2.51. The Morgan fingerprint density at radius 2 is 2.11 bits per heavy atom. The molecule has 0 bridgehead atoms. The molecule has 5 nitrogen and oxygen atoms in total. The van der Waals surface area contributed by atoms with Crippen LogP contribution in [-0.2, 0) is 11.3 Å². The largest absolute Gasteiger partial charge is 0.451 e. The van der Waals surface area contributed by atoms with Gasteiger partial charge in [0.2, 0.25) is 0 Å². The first-order valence-corrected chi connectivity index (χ1v) is 10.4. The van der Waals surface area contributed by atoms with Crippen molar-refractivity contribution < 1.29 is 13.9 Å². The van der Waals surface area contributed by atoms with E-state index in [1.54, 1.807) is 28.4 Å². The molecule has 3 aromatic rings. The van der Waals surface area contributed by atoms with E-state index in [0.29, 0.717) is 24.1 Å². The molecule has 1 saturated heterocycles. The van der Waals surface area contributed by atoms with Crippen molar-refractivity contribution in [3.8, 4) is 0 Å². The van der Waals surface area contributed by atoms with E-state index < -0.39 is 0 Å². The second-order valence-corrected chi connectivity index (χ2v) is 8.32. The molecule has 4 rings (SSSR count). The molecule has 1 aromatic carbocycles. The number of benzene rings is 1.